The van der Waals surface area contributed by atoms with Gasteiger partial charge in [0.2, 0.25) is 10.0 Å². The minimum Gasteiger partial charge on any atom is -0.314 e. The Morgan fingerprint density at radius 3 is 2.56 bits per heavy atom. The second-order valence-corrected chi connectivity index (χ2v) is 8.00. The van der Waals surface area contributed by atoms with Crippen molar-refractivity contribution >= 4 is 10.0 Å². The molecule has 2 fully saturated rings. The Balaban J connectivity index is 1.75. The van der Waals surface area contributed by atoms with Gasteiger partial charge in [-0.15, -0.1) is 0 Å². The molecule has 2 aliphatic rings. The van der Waals surface area contributed by atoms with Gasteiger partial charge in [0.15, 0.2) is 0 Å². The molecule has 2 unspecified atom stereocenters. The average molecular weight is 274 g/mol. The van der Waals surface area contributed by atoms with Crippen LogP contribution in [0.25, 0.3) is 0 Å². The van der Waals surface area contributed by atoms with E-state index < -0.39 is 10.0 Å². The maximum absolute atomic E-state index is 11.5. The van der Waals surface area contributed by atoms with Gasteiger partial charge in [0.25, 0.3) is 0 Å². The largest absolute Gasteiger partial charge is 0.314 e. The Kier molecular flexibility index (Phi) is 4.67. The Morgan fingerprint density at radius 2 is 2.00 bits per heavy atom. The van der Waals surface area contributed by atoms with Gasteiger partial charge < -0.3 is 5.32 Å². The third-order valence-corrected chi connectivity index (χ3v) is 5.81. The third-order valence-electron chi connectivity index (χ3n) is 4.54. The first-order valence-corrected chi connectivity index (χ1v) is 9.00. The molecule has 4 nitrogen and oxygen atoms in total. The lowest BCUT2D eigenvalue weighted by Gasteiger charge is -2.35. The van der Waals surface area contributed by atoms with Crippen molar-refractivity contribution in [3.63, 3.8) is 0 Å². The number of hydrogen-bond donors (Lipinski definition) is 1. The van der Waals surface area contributed by atoms with E-state index in [2.05, 4.69) is 12.2 Å². The van der Waals surface area contributed by atoms with Crippen LogP contribution in [0, 0.1) is 11.8 Å². The second kappa shape index (κ2) is 5.88. The molecule has 106 valence electrons. The molecule has 0 aromatic rings. The van der Waals surface area contributed by atoms with Crippen LogP contribution in [0.1, 0.15) is 39.0 Å². The number of nitrogens with zero attached hydrogens (tertiary/aromatic N) is 1. The summed E-state index contributed by atoms with van der Waals surface area (Å²) in [5, 5.41) is 3.60. The first-order valence-electron chi connectivity index (χ1n) is 7.15. The van der Waals surface area contributed by atoms with E-state index >= 15 is 0 Å². The molecular weight excluding hydrogens is 248 g/mol. The molecule has 0 aromatic heterocycles. The molecule has 0 amide bonds. The molecule has 1 aliphatic heterocycles. The number of sulfonamides is 1. The van der Waals surface area contributed by atoms with Gasteiger partial charge in [-0.3, -0.25) is 0 Å². The SMILES string of the molecule is CC(NCC1CCCN(S(C)(=O)=O)C1)C1CCC1. The molecule has 1 saturated heterocycles. The van der Waals surface area contributed by atoms with Crippen LogP contribution in [0.15, 0.2) is 0 Å². The first kappa shape index (κ1) is 14.3. The molecule has 2 atom stereocenters. The predicted octanol–water partition coefficient (Wildman–Crippen LogP) is 1.44. The average Bonchev–Trinajstić information content (AvgIpc) is 2.23. The van der Waals surface area contributed by atoms with E-state index in [-0.39, 0.29) is 0 Å². The molecule has 2 rings (SSSR count). The van der Waals surface area contributed by atoms with Gasteiger partial charge in [0, 0.05) is 19.1 Å². The van der Waals surface area contributed by atoms with Gasteiger partial charge in [0.1, 0.15) is 0 Å². The van der Waals surface area contributed by atoms with Crippen molar-refractivity contribution < 1.29 is 8.42 Å². The fourth-order valence-electron chi connectivity index (χ4n) is 2.95. The fraction of sp³-hybridized carbons (Fsp3) is 1.00. The quantitative estimate of drug-likeness (QED) is 0.825. The van der Waals surface area contributed by atoms with Crippen molar-refractivity contribution in [3.8, 4) is 0 Å². The van der Waals surface area contributed by atoms with Crippen LogP contribution in [0.5, 0.6) is 0 Å². The van der Waals surface area contributed by atoms with Gasteiger partial charge in [-0.1, -0.05) is 6.42 Å². The van der Waals surface area contributed by atoms with E-state index in [1.165, 1.54) is 25.5 Å². The second-order valence-electron chi connectivity index (χ2n) is 6.02. The fourth-order valence-corrected chi connectivity index (χ4v) is 3.90. The summed E-state index contributed by atoms with van der Waals surface area (Å²) in [7, 11) is -3.00. The van der Waals surface area contributed by atoms with Gasteiger partial charge in [-0.05, 0) is 51.0 Å². The Bertz CT molecular complexity index is 365. The van der Waals surface area contributed by atoms with Crippen molar-refractivity contribution in [1.82, 2.24) is 9.62 Å². The summed E-state index contributed by atoms with van der Waals surface area (Å²) in [6.45, 7) is 4.63. The van der Waals surface area contributed by atoms with E-state index in [1.54, 1.807) is 4.31 Å². The molecule has 0 bridgehead atoms. The third kappa shape index (κ3) is 3.68. The molecule has 1 aliphatic carbocycles. The lowest BCUT2D eigenvalue weighted by Crippen LogP contribution is -2.45. The van der Waals surface area contributed by atoms with Gasteiger partial charge in [0.05, 0.1) is 6.26 Å². The highest BCUT2D eigenvalue weighted by Gasteiger charge is 2.28. The van der Waals surface area contributed by atoms with E-state index in [0.29, 0.717) is 25.0 Å². The summed E-state index contributed by atoms with van der Waals surface area (Å²) in [5.41, 5.74) is 0. The lowest BCUT2D eigenvalue weighted by molar-refractivity contribution is 0.212. The summed E-state index contributed by atoms with van der Waals surface area (Å²) in [5.74, 6) is 1.33. The molecule has 5 heteroatoms. The van der Waals surface area contributed by atoms with E-state index in [4.69, 9.17) is 0 Å². The molecule has 0 radical (unpaired) electrons. The number of piperidine rings is 1. The summed E-state index contributed by atoms with van der Waals surface area (Å²) >= 11 is 0. The van der Waals surface area contributed by atoms with Gasteiger partial charge in [-0.25, -0.2) is 12.7 Å². The summed E-state index contributed by atoms with van der Waals surface area (Å²) in [6, 6.07) is 0.590. The number of nitrogens with one attached hydrogen (secondary N) is 1. The minimum atomic E-state index is -3.00. The normalized spacial score (nSPS) is 28.9. The molecule has 1 N–H and O–H groups in total. The summed E-state index contributed by atoms with van der Waals surface area (Å²) in [6.07, 6.45) is 7.55. The molecular formula is C13H26N2O2S. The smallest absolute Gasteiger partial charge is 0.211 e. The predicted molar refractivity (Wildman–Crippen MR) is 73.9 cm³/mol. The highest BCUT2D eigenvalue weighted by atomic mass is 32.2. The topological polar surface area (TPSA) is 49.4 Å². The van der Waals surface area contributed by atoms with E-state index in [1.807, 2.05) is 0 Å². The molecule has 1 saturated carbocycles. The number of rotatable bonds is 5. The van der Waals surface area contributed by atoms with Crippen LogP contribution in [0.4, 0.5) is 0 Å². The highest BCUT2D eigenvalue weighted by Crippen LogP contribution is 2.29. The van der Waals surface area contributed by atoms with Crippen molar-refractivity contribution in [3.05, 3.63) is 0 Å². The van der Waals surface area contributed by atoms with Gasteiger partial charge >= 0.3 is 0 Å². The highest BCUT2D eigenvalue weighted by molar-refractivity contribution is 7.88. The van der Waals surface area contributed by atoms with E-state index in [0.717, 1.165) is 25.3 Å². The minimum absolute atomic E-state index is 0.482. The summed E-state index contributed by atoms with van der Waals surface area (Å²) in [4.78, 5) is 0. The maximum atomic E-state index is 11.5. The first-order chi connectivity index (χ1) is 8.47. The van der Waals surface area contributed by atoms with Crippen LogP contribution in [-0.4, -0.2) is 44.7 Å². The zero-order chi connectivity index (χ0) is 13.2. The van der Waals surface area contributed by atoms with Crippen molar-refractivity contribution in [2.24, 2.45) is 11.8 Å². The standard InChI is InChI=1S/C13H26N2O2S/c1-11(13-6-3-7-13)14-9-12-5-4-8-15(10-12)18(2,16)17/h11-14H,3-10H2,1-2H3. The Hall–Kier alpha value is -0.130. The van der Waals surface area contributed by atoms with Crippen molar-refractivity contribution in [2.75, 3.05) is 25.9 Å². The molecule has 0 spiro atoms. The Morgan fingerprint density at radius 1 is 1.28 bits per heavy atom. The molecule has 18 heavy (non-hydrogen) atoms. The molecule has 0 aromatic carbocycles. The monoisotopic (exact) mass is 274 g/mol. The molecule has 1 heterocycles. The van der Waals surface area contributed by atoms with Crippen LogP contribution in [0.2, 0.25) is 0 Å². The van der Waals surface area contributed by atoms with Crippen LogP contribution in [-0.2, 0) is 10.0 Å². The number of hydrogen-bond acceptors (Lipinski definition) is 3. The zero-order valence-corrected chi connectivity index (χ0v) is 12.4. The Labute approximate surface area is 111 Å². The van der Waals surface area contributed by atoms with Crippen molar-refractivity contribution in [1.29, 1.82) is 0 Å². The summed E-state index contributed by atoms with van der Waals surface area (Å²) < 4.78 is 24.7. The lowest BCUT2D eigenvalue weighted by atomic mass is 9.80. The van der Waals surface area contributed by atoms with E-state index in [9.17, 15) is 8.42 Å². The zero-order valence-electron chi connectivity index (χ0n) is 11.6. The van der Waals surface area contributed by atoms with Crippen LogP contribution in [0.3, 0.4) is 0 Å². The van der Waals surface area contributed by atoms with Crippen LogP contribution >= 0.6 is 0 Å². The maximum Gasteiger partial charge on any atom is 0.211 e. The van der Waals surface area contributed by atoms with Crippen molar-refractivity contribution in [2.45, 2.75) is 45.1 Å². The van der Waals surface area contributed by atoms with Gasteiger partial charge in [-0.2, -0.15) is 0 Å². The van der Waals surface area contributed by atoms with Crippen LogP contribution < -0.4 is 5.32 Å².